The smallest absolute Gasteiger partial charge is 0.314 e. The lowest BCUT2D eigenvalue weighted by atomic mass is 10.1. The highest BCUT2D eigenvalue weighted by Gasteiger charge is 2.18. The molecule has 0 fully saturated rings. The van der Waals surface area contributed by atoms with Crippen LogP contribution in [0.5, 0.6) is 0 Å². The molecule has 0 unspecified atom stereocenters. The number of amides is 2. The van der Waals surface area contributed by atoms with Crippen molar-refractivity contribution in [2.75, 3.05) is 18.9 Å². The second-order valence-corrected chi connectivity index (χ2v) is 6.75. The summed E-state index contributed by atoms with van der Waals surface area (Å²) in [6.07, 6.45) is 4.48. The minimum atomic E-state index is -0.269. The largest absolute Gasteiger partial charge is 0.325 e. The predicted molar refractivity (Wildman–Crippen MR) is 94.5 cm³/mol. The third kappa shape index (κ3) is 3.97. The summed E-state index contributed by atoms with van der Waals surface area (Å²) in [5, 5.41) is 6.18. The third-order valence-corrected chi connectivity index (χ3v) is 4.81. The topological polar surface area (TPSA) is 57.3 Å². The summed E-state index contributed by atoms with van der Waals surface area (Å²) in [5.74, 6) is 0. The summed E-state index contributed by atoms with van der Waals surface area (Å²) in [7, 11) is 2.10. The van der Waals surface area contributed by atoms with E-state index >= 15 is 0 Å². The normalized spacial score (nSPS) is 14.7. The molecule has 3 rings (SSSR count). The number of benzene rings is 1. The molecule has 1 aliphatic rings. The lowest BCUT2D eigenvalue weighted by Crippen LogP contribution is -2.25. The Labute approximate surface area is 140 Å². The predicted octanol–water partition coefficient (Wildman–Crippen LogP) is 3.23. The fourth-order valence-corrected chi connectivity index (χ4v) is 3.57. The van der Waals surface area contributed by atoms with E-state index in [2.05, 4.69) is 27.6 Å². The highest BCUT2D eigenvalue weighted by molar-refractivity contribution is 7.15. The highest BCUT2D eigenvalue weighted by Crippen LogP contribution is 2.27. The third-order valence-electron chi connectivity index (χ3n) is 3.81. The molecule has 1 aromatic carbocycles. The molecule has 5 nitrogen and oxygen atoms in total. The first-order chi connectivity index (χ1) is 11.1. The molecule has 1 aliphatic heterocycles. The number of likely N-dealkylation sites (N-methyl/N-ethyl adjacent to an activating group) is 1. The molecule has 2 N–H and O–H groups in total. The molecule has 0 atom stereocenters. The SMILES string of the molecule is Cc1ccccc1/C=C/NC(=O)Nc1nc2c(s1)CN(C)CC2. The number of nitrogens with zero attached hydrogens (tertiary/aromatic N) is 2. The Morgan fingerprint density at radius 2 is 2.22 bits per heavy atom. The van der Waals surface area contributed by atoms with E-state index in [0.29, 0.717) is 5.13 Å². The molecule has 0 saturated carbocycles. The van der Waals surface area contributed by atoms with Gasteiger partial charge in [0.1, 0.15) is 0 Å². The molecule has 120 valence electrons. The lowest BCUT2D eigenvalue weighted by Gasteiger charge is -2.20. The zero-order valence-electron chi connectivity index (χ0n) is 13.3. The van der Waals surface area contributed by atoms with Gasteiger partial charge in [-0.1, -0.05) is 24.3 Å². The maximum absolute atomic E-state index is 11.9. The van der Waals surface area contributed by atoms with Crippen LogP contribution < -0.4 is 10.6 Å². The maximum atomic E-state index is 11.9. The van der Waals surface area contributed by atoms with Gasteiger partial charge in [-0.2, -0.15) is 0 Å². The Balaban J connectivity index is 1.57. The summed E-state index contributed by atoms with van der Waals surface area (Å²) in [5.41, 5.74) is 3.36. The first kappa shape index (κ1) is 15.7. The number of hydrogen-bond donors (Lipinski definition) is 2. The van der Waals surface area contributed by atoms with Gasteiger partial charge >= 0.3 is 6.03 Å². The van der Waals surface area contributed by atoms with Gasteiger partial charge in [0.15, 0.2) is 5.13 Å². The van der Waals surface area contributed by atoms with E-state index in [1.807, 2.05) is 37.3 Å². The molecular formula is C17H20N4OS. The maximum Gasteiger partial charge on any atom is 0.325 e. The van der Waals surface area contributed by atoms with Crippen LogP contribution in [0.4, 0.5) is 9.93 Å². The molecule has 2 aromatic rings. The summed E-state index contributed by atoms with van der Waals surface area (Å²) < 4.78 is 0. The number of hydrogen-bond acceptors (Lipinski definition) is 4. The quantitative estimate of drug-likeness (QED) is 0.909. The van der Waals surface area contributed by atoms with Crippen LogP contribution in [0.1, 0.15) is 21.7 Å². The molecule has 0 radical (unpaired) electrons. The van der Waals surface area contributed by atoms with Gasteiger partial charge in [-0.3, -0.25) is 5.32 Å². The number of fused-ring (bicyclic) bond motifs is 1. The van der Waals surface area contributed by atoms with Crippen LogP contribution in [-0.4, -0.2) is 29.5 Å². The van der Waals surface area contributed by atoms with Gasteiger partial charge in [0.05, 0.1) is 5.69 Å². The van der Waals surface area contributed by atoms with E-state index in [1.165, 1.54) is 10.4 Å². The van der Waals surface area contributed by atoms with Crippen molar-refractivity contribution in [3.8, 4) is 0 Å². The number of aryl methyl sites for hydroxylation is 1. The van der Waals surface area contributed by atoms with Crippen LogP contribution in [0, 0.1) is 6.92 Å². The molecule has 1 aromatic heterocycles. The van der Waals surface area contributed by atoms with Gasteiger partial charge in [0.2, 0.25) is 0 Å². The van der Waals surface area contributed by atoms with E-state index in [0.717, 1.165) is 30.8 Å². The molecule has 0 bridgehead atoms. The number of urea groups is 1. The second kappa shape index (κ2) is 6.93. The highest BCUT2D eigenvalue weighted by atomic mass is 32.1. The standard InChI is InChI=1S/C17H20N4OS/c1-12-5-3-4-6-13(12)7-9-18-16(22)20-17-19-14-8-10-21(2)11-15(14)23-17/h3-7,9H,8,10-11H2,1-2H3,(H2,18,19,20,22)/b9-7+. The summed E-state index contributed by atoms with van der Waals surface area (Å²) in [6.45, 7) is 3.96. The Hall–Kier alpha value is -2.18. The van der Waals surface area contributed by atoms with Crippen molar-refractivity contribution in [2.24, 2.45) is 0 Å². The van der Waals surface area contributed by atoms with E-state index in [-0.39, 0.29) is 6.03 Å². The first-order valence-corrected chi connectivity index (χ1v) is 8.40. The van der Waals surface area contributed by atoms with Gasteiger partial charge < -0.3 is 10.2 Å². The van der Waals surface area contributed by atoms with E-state index in [9.17, 15) is 4.79 Å². The van der Waals surface area contributed by atoms with Crippen LogP contribution in [0.25, 0.3) is 6.08 Å². The zero-order chi connectivity index (χ0) is 16.2. The Kier molecular flexibility index (Phi) is 4.73. The summed E-state index contributed by atoms with van der Waals surface area (Å²) >= 11 is 1.55. The van der Waals surface area contributed by atoms with Crippen LogP contribution in [0.2, 0.25) is 0 Å². The number of aromatic nitrogens is 1. The Morgan fingerprint density at radius 1 is 1.39 bits per heavy atom. The number of rotatable bonds is 3. The zero-order valence-corrected chi connectivity index (χ0v) is 14.1. The summed E-state index contributed by atoms with van der Waals surface area (Å²) in [6, 6.07) is 7.75. The minimum Gasteiger partial charge on any atom is -0.314 e. The average molecular weight is 328 g/mol. The van der Waals surface area contributed by atoms with Gasteiger partial charge in [0, 0.05) is 30.6 Å². The lowest BCUT2D eigenvalue weighted by molar-refractivity contribution is 0.255. The minimum absolute atomic E-state index is 0.269. The number of thiazole rings is 1. The molecule has 0 saturated heterocycles. The van der Waals surface area contributed by atoms with Crippen molar-refractivity contribution in [3.05, 3.63) is 52.2 Å². The van der Waals surface area contributed by atoms with Gasteiger partial charge in [-0.15, -0.1) is 11.3 Å². The van der Waals surface area contributed by atoms with E-state index < -0.39 is 0 Å². The van der Waals surface area contributed by atoms with Gasteiger partial charge in [-0.05, 0) is 31.2 Å². The second-order valence-electron chi connectivity index (χ2n) is 5.67. The molecule has 0 aliphatic carbocycles. The van der Waals surface area contributed by atoms with Crippen LogP contribution in [-0.2, 0) is 13.0 Å². The number of anilines is 1. The van der Waals surface area contributed by atoms with Crippen LogP contribution in [0.3, 0.4) is 0 Å². The molecule has 2 heterocycles. The van der Waals surface area contributed by atoms with Crippen LogP contribution >= 0.6 is 11.3 Å². The fourth-order valence-electron chi connectivity index (χ4n) is 2.49. The number of carbonyl (C=O) groups is 1. The van der Waals surface area contributed by atoms with Crippen molar-refractivity contribution in [1.82, 2.24) is 15.2 Å². The van der Waals surface area contributed by atoms with Crippen molar-refractivity contribution < 1.29 is 4.79 Å². The van der Waals surface area contributed by atoms with E-state index in [4.69, 9.17) is 0 Å². The van der Waals surface area contributed by atoms with Gasteiger partial charge in [-0.25, -0.2) is 9.78 Å². The monoisotopic (exact) mass is 328 g/mol. The van der Waals surface area contributed by atoms with Crippen molar-refractivity contribution in [2.45, 2.75) is 19.9 Å². The van der Waals surface area contributed by atoms with Crippen molar-refractivity contribution >= 4 is 28.6 Å². The van der Waals surface area contributed by atoms with Gasteiger partial charge in [0.25, 0.3) is 0 Å². The molecule has 6 heteroatoms. The molecule has 0 spiro atoms. The van der Waals surface area contributed by atoms with Crippen molar-refractivity contribution in [3.63, 3.8) is 0 Å². The average Bonchev–Trinajstić information content (AvgIpc) is 2.90. The number of nitrogens with one attached hydrogen (secondary N) is 2. The molecular weight excluding hydrogens is 308 g/mol. The Morgan fingerprint density at radius 3 is 3.04 bits per heavy atom. The fraction of sp³-hybridized carbons (Fsp3) is 0.294. The number of carbonyl (C=O) groups excluding carboxylic acids is 1. The van der Waals surface area contributed by atoms with Crippen LogP contribution in [0.15, 0.2) is 30.5 Å². The Bertz CT molecular complexity index is 738. The van der Waals surface area contributed by atoms with Crippen molar-refractivity contribution in [1.29, 1.82) is 0 Å². The molecule has 23 heavy (non-hydrogen) atoms. The molecule has 2 amide bonds. The van der Waals surface area contributed by atoms with E-state index in [1.54, 1.807) is 17.5 Å². The summed E-state index contributed by atoms with van der Waals surface area (Å²) in [4.78, 5) is 19.9. The first-order valence-electron chi connectivity index (χ1n) is 7.58.